The van der Waals surface area contributed by atoms with E-state index >= 15 is 0 Å². The zero-order valence-corrected chi connectivity index (χ0v) is 12.0. The molecule has 0 atom stereocenters. The quantitative estimate of drug-likeness (QED) is 0.483. The Kier molecular flexibility index (Phi) is 7.06. The van der Waals surface area contributed by atoms with Crippen molar-refractivity contribution in [2.45, 2.75) is 39.6 Å². The first-order valence-electron chi connectivity index (χ1n) is 6.49. The highest BCUT2D eigenvalue weighted by molar-refractivity contribution is 5.79. The van der Waals surface area contributed by atoms with Gasteiger partial charge in [-0.1, -0.05) is 0 Å². The van der Waals surface area contributed by atoms with E-state index in [-0.39, 0.29) is 19.8 Å². The molecule has 9 nitrogen and oxygen atoms in total. The van der Waals surface area contributed by atoms with Crippen molar-refractivity contribution in [1.29, 1.82) is 0 Å². The Morgan fingerprint density at radius 1 is 0.667 bits per heavy atom. The fraction of sp³-hybridized carbons (Fsp3) is 0.750. The van der Waals surface area contributed by atoms with Crippen molar-refractivity contribution in [3.05, 3.63) is 0 Å². The van der Waals surface area contributed by atoms with Crippen LogP contribution in [0.2, 0.25) is 0 Å². The predicted molar refractivity (Wildman–Crippen MR) is 64.5 cm³/mol. The Bertz CT molecular complexity index is 318. The van der Waals surface area contributed by atoms with Gasteiger partial charge >= 0.3 is 17.9 Å². The van der Waals surface area contributed by atoms with Gasteiger partial charge in [0.15, 0.2) is 0 Å². The maximum absolute atomic E-state index is 11.6. The first-order chi connectivity index (χ1) is 10.0. The maximum atomic E-state index is 11.6. The molecule has 0 aromatic carbocycles. The van der Waals surface area contributed by atoms with Crippen LogP contribution in [0, 0.1) is 0 Å². The van der Waals surface area contributed by atoms with E-state index < -0.39 is 36.8 Å². The summed E-state index contributed by atoms with van der Waals surface area (Å²) in [5.74, 6) is -2.65. The van der Waals surface area contributed by atoms with Crippen LogP contribution in [0.3, 0.4) is 0 Å². The molecule has 1 fully saturated rings. The molecule has 1 heterocycles. The fourth-order valence-corrected chi connectivity index (χ4v) is 1.40. The van der Waals surface area contributed by atoms with Crippen molar-refractivity contribution in [2.24, 2.45) is 0 Å². The molecule has 1 aliphatic heterocycles. The zero-order valence-electron chi connectivity index (χ0n) is 12.0. The second kappa shape index (κ2) is 8.55. The number of hydrogen-bond donors (Lipinski definition) is 0. The first-order valence-corrected chi connectivity index (χ1v) is 6.49. The van der Waals surface area contributed by atoms with Crippen LogP contribution < -0.4 is 0 Å². The largest absolute Gasteiger partial charge is 0.462 e. The molecule has 0 spiro atoms. The van der Waals surface area contributed by atoms with E-state index in [0.29, 0.717) is 0 Å². The van der Waals surface area contributed by atoms with E-state index in [4.69, 9.17) is 28.4 Å². The van der Waals surface area contributed by atoms with Crippen LogP contribution in [0.25, 0.3) is 0 Å². The van der Waals surface area contributed by atoms with Crippen LogP contribution in [0.15, 0.2) is 0 Å². The number of rotatable bonds is 6. The van der Waals surface area contributed by atoms with Crippen molar-refractivity contribution in [3.63, 3.8) is 0 Å². The summed E-state index contributed by atoms with van der Waals surface area (Å²) < 4.78 is 29.0. The molecule has 0 bridgehead atoms. The highest BCUT2D eigenvalue weighted by Gasteiger charge is 2.43. The SMILES string of the molecule is CCOC(=O)C1OC(C(=O)OCC)OC(C(=O)OCC)O1. The molecule has 1 rings (SSSR count). The van der Waals surface area contributed by atoms with Crippen LogP contribution in [0.5, 0.6) is 0 Å². The van der Waals surface area contributed by atoms with Gasteiger partial charge in [-0.15, -0.1) is 0 Å². The number of ether oxygens (including phenoxy) is 6. The summed E-state index contributed by atoms with van der Waals surface area (Å²) in [6.45, 7) is 5.00. The molecule has 9 heteroatoms. The Balaban J connectivity index is 2.79. The van der Waals surface area contributed by atoms with Crippen molar-refractivity contribution in [3.8, 4) is 0 Å². The minimum atomic E-state index is -1.58. The summed E-state index contributed by atoms with van der Waals surface area (Å²) in [5, 5.41) is 0. The van der Waals surface area contributed by atoms with Gasteiger partial charge in [-0.3, -0.25) is 0 Å². The van der Waals surface area contributed by atoms with Crippen molar-refractivity contribution in [2.75, 3.05) is 19.8 Å². The van der Waals surface area contributed by atoms with Gasteiger partial charge in [-0.05, 0) is 20.8 Å². The zero-order chi connectivity index (χ0) is 15.8. The Morgan fingerprint density at radius 3 is 1.10 bits per heavy atom. The fourth-order valence-electron chi connectivity index (χ4n) is 1.40. The Morgan fingerprint density at radius 2 is 0.905 bits per heavy atom. The molecule has 0 aromatic rings. The molecule has 0 N–H and O–H groups in total. The lowest BCUT2D eigenvalue weighted by atomic mass is 10.5. The summed E-state index contributed by atoms with van der Waals surface area (Å²) in [5.41, 5.74) is 0. The minimum absolute atomic E-state index is 0.0804. The van der Waals surface area contributed by atoms with Crippen LogP contribution >= 0.6 is 0 Å². The van der Waals surface area contributed by atoms with Gasteiger partial charge in [0.1, 0.15) is 0 Å². The summed E-state index contributed by atoms with van der Waals surface area (Å²) in [7, 11) is 0. The van der Waals surface area contributed by atoms with Crippen molar-refractivity contribution >= 4 is 17.9 Å². The molecule has 0 amide bonds. The number of carbonyl (C=O) groups is 3. The first kappa shape index (κ1) is 17.3. The van der Waals surface area contributed by atoms with Gasteiger partial charge in [0.05, 0.1) is 19.8 Å². The molecular formula is C12H18O9. The van der Waals surface area contributed by atoms with Crippen LogP contribution in [0.1, 0.15) is 20.8 Å². The molecule has 0 saturated carbocycles. The summed E-state index contributed by atoms with van der Waals surface area (Å²) in [4.78, 5) is 34.9. The van der Waals surface area contributed by atoms with Gasteiger partial charge in [-0.25, -0.2) is 14.4 Å². The van der Waals surface area contributed by atoms with Crippen molar-refractivity contribution in [1.82, 2.24) is 0 Å². The summed E-state index contributed by atoms with van der Waals surface area (Å²) >= 11 is 0. The summed E-state index contributed by atoms with van der Waals surface area (Å²) in [6.07, 6.45) is -4.74. The van der Waals surface area contributed by atoms with E-state index in [1.165, 1.54) is 0 Å². The maximum Gasteiger partial charge on any atom is 0.363 e. The standard InChI is InChI=1S/C12H18O9/c1-4-16-7(13)10-19-11(8(14)17-5-2)21-12(20-10)9(15)18-6-3/h10-12H,4-6H2,1-3H3. The lowest BCUT2D eigenvalue weighted by molar-refractivity contribution is -0.360. The second-order valence-corrected chi connectivity index (χ2v) is 3.66. The average Bonchev–Trinajstić information content (AvgIpc) is 2.47. The molecule has 0 aromatic heterocycles. The Labute approximate surface area is 121 Å². The van der Waals surface area contributed by atoms with Gasteiger partial charge in [0, 0.05) is 0 Å². The smallest absolute Gasteiger partial charge is 0.363 e. The van der Waals surface area contributed by atoms with Gasteiger partial charge < -0.3 is 28.4 Å². The van der Waals surface area contributed by atoms with Gasteiger partial charge in [-0.2, -0.15) is 0 Å². The second-order valence-electron chi connectivity index (χ2n) is 3.66. The molecule has 120 valence electrons. The van der Waals surface area contributed by atoms with E-state index in [1.807, 2.05) is 0 Å². The normalized spacial score (nSPS) is 25.0. The van der Waals surface area contributed by atoms with Crippen molar-refractivity contribution < 1.29 is 42.8 Å². The molecule has 1 saturated heterocycles. The van der Waals surface area contributed by atoms with Crippen LogP contribution in [-0.4, -0.2) is 56.6 Å². The van der Waals surface area contributed by atoms with E-state index in [9.17, 15) is 14.4 Å². The van der Waals surface area contributed by atoms with Crippen LogP contribution in [0.4, 0.5) is 0 Å². The highest BCUT2D eigenvalue weighted by atomic mass is 16.9. The molecule has 21 heavy (non-hydrogen) atoms. The van der Waals surface area contributed by atoms with Crippen LogP contribution in [-0.2, 0) is 42.8 Å². The number of esters is 3. The van der Waals surface area contributed by atoms with Gasteiger partial charge in [0.2, 0.25) is 0 Å². The van der Waals surface area contributed by atoms with E-state index in [1.54, 1.807) is 20.8 Å². The minimum Gasteiger partial charge on any atom is -0.462 e. The monoisotopic (exact) mass is 306 g/mol. The lowest BCUT2D eigenvalue weighted by Gasteiger charge is -2.31. The topological polar surface area (TPSA) is 107 Å². The molecule has 1 aliphatic rings. The molecule has 0 unspecified atom stereocenters. The third-order valence-electron chi connectivity index (χ3n) is 2.18. The third kappa shape index (κ3) is 4.96. The average molecular weight is 306 g/mol. The van der Waals surface area contributed by atoms with E-state index in [2.05, 4.69) is 0 Å². The highest BCUT2D eigenvalue weighted by Crippen LogP contribution is 2.19. The molecule has 0 aliphatic carbocycles. The van der Waals surface area contributed by atoms with Gasteiger partial charge in [0.25, 0.3) is 18.9 Å². The molecule has 0 radical (unpaired) electrons. The lowest BCUT2D eigenvalue weighted by Crippen LogP contribution is -2.51. The molecular weight excluding hydrogens is 288 g/mol. The Hall–Kier alpha value is -1.71. The number of hydrogen-bond acceptors (Lipinski definition) is 9. The summed E-state index contributed by atoms with van der Waals surface area (Å²) in [6, 6.07) is 0. The van der Waals surface area contributed by atoms with E-state index in [0.717, 1.165) is 0 Å². The predicted octanol–water partition coefficient (Wildman–Crippen LogP) is -0.283. The third-order valence-corrected chi connectivity index (χ3v) is 2.18. The number of carbonyl (C=O) groups excluding carboxylic acids is 3.